The highest BCUT2D eigenvalue weighted by Gasteiger charge is 2.05. The Bertz CT molecular complexity index is 301. The average molecular weight is 209 g/mol. The van der Waals surface area contributed by atoms with Gasteiger partial charge < -0.3 is 0 Å². The van der Waals surface area contributed by atoms with Crippen LogP contribution in [0.3, 0.4) is 0 Å². The molecule has 1 aromatic rings. The lowest BCUT2D eigenvalue weighted by molar-refractivity contribution is 0.421. The zero-order valence-corrected chi connectivity index (χ0v) is 9.81. The van der Waals surface area contributed by atoms with Crippen molar-refractivity contribution in [1.82, 2.24) is 0 Å². The summed E-state index contributed by atoms with van der Waals surface area (Å²) in [4.78, 5) is 0. The molecule has 0 aliphatic carbocycles. The monoisotopic (exact) mass is 208 g/mol. The summed E-state index contributed by atoms with van der Waals surface area (Å²) >= 11 is 5.79. The number of hydrogen-bond donors (Lipinski definition) is 0. The zero-order chi connectivity index (χ0) is 10.6. The van der Waals surface area contributed by atoms with Crippen molar-refractivity contribution in [3.8, 4) is 0 Å². The number of halogens is 1. The SMILES string of the molecule is CC(C)(C)C/C=C/c1ccc(Cl)cc1. The molecule has 0 heterocycles. The Morgan fingerprint density at radius 3 is 2.21 bits per heavy atom. The quantitative estimate of drug-likeness (QED) is 0.656. The van der Waals surface area contributed by atoms with Gasteiger partial charge >= 0.3 is 0 Å². The molecule has 0 bridgehead atoms. The summed E-state index contributed by atoms with van der Waals surface area (Å²) in [5, 5.41) is 0.790. The lowest BCUT2D eigenvalue weighted by Crippen LogP contribution is -2.01. The summed E-state index contributed by atoms with van der Waals surface area (Å²) in [6.45, 7) is 6.71. The molecule has 1 aromatic carbocycles. The number of hydrogen-bond acceptors (Lipinski definition) is 0. The summed E-state index contributed by atoms with van der Waals surface area (Å²) in [5.74, 6) is 0. The van der Waals surface area contributed by atoms with Gasteiger partial charge in [-0.2, -0.15) is 0 Å². The summed E-state index contributed by atoms with van der Waals surface area (Å²) in [7, 11) is 0. The van der Waals surface area contributed by atoms with Gasteiger partial charge in [0, 0.05) is 5.02 Å². The van der Waals surface area contributed by atoms with E-state index >= 15 is 0 Å². The van der Waals surface area contributed by atoms with Gasteiger partial charge in [-0.1, -0.05) is 56.7 Å². The maximum absolute atomic E-state index is 5.79. The van der Waals surface area contributed by atoms with Crippen LogP contribution < -0.4 is 0 Å². The van der Waals surface area contributed by atoms with E-state index in [4.69, 9.17) is 11.6 Å². The van der Waals surface area contributed by atoms with Crippen LogP contribution in [-0.4, -0.2) is 0 Å². The lowest BCUT2D eigenvalue weighted by atomic mass is 9.92. The Kier molecular flexibility index (Phi) is 3.77. The van der Waals surface area contributed by atoms with E-state index in [1.807, 2.05) is 24.3 Å². The van der Waals surface area contributed by atoms with Gasteiger partial charge in [-0.15, -0.1) is 0 Å². The van der Waals surface area contributed by atoms with Crippen molar-refractivity contribution in [1.29, 1.82) is 0 Å². The van der Waals surface area contributed by atoms with Crippen LogP contribution in [0.4, 0.5) is 0 Å². The Morgan fingerprint density at radius 2 is 1.71 bits per heavy atom. The van der Waals surface area contributed by atoms with Crippen LogP contribution in [0.2, 0.25) is 5.02 Å². The highest BCUT2D eigenvalue weighted by atomic mass is 35.5. The van der Waals surface area contributed by atoms with Crippen LogP contribution in [0.25, 0.3) is 6.08 Å². The molecule has 0 amide bonds. The molecule has 0 saturated carbocycles. The fourth-order valence-electron chi connectivity index (χ4n) is 1.12. The van der Waals surface area contributed by atoms with E-state index in [9.17, 15) is 0 Å². The third-order valence-electron chi connectivity index (χ3n) is 1.91. The molecule has 0 fully saturated rings. The molecule has 1 heteroatoms. The van der Waals surface area contributed by atoms with Gasteiger partial charge in [-0.25, -0.2) is 0 Å². The van der Waals surface area contributed by atoms with Crippen molar-refractivity contribution in [2.45, 2.75) is 27.2 Å². The van der Waals surface area contributed by atoms with Crippen LogP contribution in [0.15, 0.2) is 30.3 Å². The minimum atomic E-state index is 0.364. The van der Waals surface area contributed by atoms with Crippen molar-refractivity contribution >= 4 is 17.7 Å². The van der Waals surface area contributed by atoms with Gasteiger partial charge in [0.2, 0.25) is 0 Å². The maximum Gasteiger partial charge on any atom is 0.0406 e. The number of rotatable bonds is 2. The van der Waals surface area contributed by atoms with E-state index in [1.54, 1.807) is 0 Å². The molecule has 0 aliphatic heterocycles. The van der Waals surface area contributed by atoms with Crippen molar-refractivity contribution in [3.05, 3.63) is 40.9 Å². The molecule has 76 valence electrons. The van der Waals surface area contributed by atoms with Gasteiger partial charge in [0.1, 0.15) is 0 Å². The van der Waals surface area contributed by atoms with Crippen molar-refractivity contribution in [3.63, 3.8) is 0 Å². The second-order valence-electron chi connectivity index (χ2n) is 4.72. The first kappa shape index (κ1) is 11.3. The van der Waals surface area contributed by atoms with E-state index in [0.717, 1.165) is 11.4 Å². The topological polar surface area (TPSA) is 0 Å². The molecule has 1 rings (SSSR count). The van der Waals surface area contributed by atoms with Crippen LogP contribution in [0, 0.1) is 5.41 Å². The largest absolute Gasteiger partial charge is 0.0843 e. The Labute approximate surface area is 91.6 Å². The van der Waals surface area contributed by atoms with Crippen LogP contribution in [0.5, 0.6) is 0 Å². The highest BCUT2D eigenvalue weighted by Crippen LogP contribution is 2.20. The molecule has 0 saturated heterocycles. The fourth-order valence-corrected chi connectivity index (χ4v) is 1.25. The summed E-state index contributed by atoms with van der Waals surface area (Å²) < 4.78 is 0. The molecular weight excluding hydrogens is 192 g/mol. The van der Waals surface area contributed by atoms with Crippen molar-refractivity contribution in [2.75, 3.05) is 0 Å². The molecule has 0 aliphatic rings. The molecule has 0 radical (unpaired) electrons. The van der Waals surface area contributed by atoms with Gasteiger partial charge in [0.05, 0.1) is 0 Å². The van der Waals surface area contributed by atoms with E-state index < -0.39 is 0 Å². The first-order valence-electron chi connectivity index (χ1n) is 4.89. The third kappa shape index (κ3) is 4.48. The van der Waals surface area contributed by atoms with Crippen LogP contribution in [-0.2, 0) is 0 Å². The molecular formula is C13H17Cl. The van der Waals surface area contributed by atoms with Crippen LogP contribution in [0.1, 0.15) is 32.8 Å². The smallest absolute Gasteiger partial charge is 0.0406 e. The second-order valence-corrected chi connectivity index (χ2v) is 5.16. The average Bonchev–Trinajstić information content (AvgIpc) is 2.06. The second kappa shape index (κ2) is 4.65. The van der Waals surface area contributed by atoms with E-state index in [1.165, 1.54) is 5.56 Å². The van der Waals surface area contributed by atoms with Gasteiger partial charge in [-0.05, 0) is 29.5 Å². The maximum atomic E-state index is 5.79. The standard InChI is InChI=1S/C13H17Cl/c1-13(2,3)10-4-5-11-6-8-12(14)9-7-11/h4-9H,10H2,1-3H3/b5-4+. The molecule has 0 N–H and O–H groups in total. The Balaban J connectivity index is 2.57. The highest BCUT2D eigenvalue weighted by molar-refractivity contribution is 6.30. The number of benzene rings is 1. The Morgan fingerprint density at radius 1 is 1.14 bits per heavy atom. The van der Waals surface area contributed by atoms with Gasteiger partial charge in [-0.3, -0.25) is 0 Å². The summed E-state index contributed by atoms with van der Waals surface area (Å²) in [6.07, 6.45) is 5.44. The molecule has 0 atom stereocenters. The van der Waals surface area contributed by atoms with E-state index in [2.05, 4.69) is 32.9 Å². The predicted molar refractivity (Wildman–Crippen MR) is 64.6 cm³/mol. The minimum absolute atomic E-state index is 0.364. The first-order chi connectivity index (χ1) is 6.47. The molecule has 0 unspecified atom stereocenters. The van der Waals surface area contributed by atoms with E-state index in [-0.39, 0.29) is 0 Å². The normalized spacial score (nSPS) is 12.3. The Hall–Kier alpha value is -0.750. The predicted octanol–water partition coefficient (Wildman–Crippen LogP) is 4.79. The van der Waals surface area contributed by atoms with Crippen molar-refractivity contribution in [2.24, 2.45) is 5.41 Å². The van der Waals surface area contributed by atoms with Gasteiger partial charge in [0.15, 0.2) is 0 Å². The third-order valence-corrected chi connectivity index (χ3v) is 2.16. The fraction of sp³-hybridized carbons (Fsp3) is 0.385. The zero-order valence-electron chi connectivity index (χ0n) is 9.05. The molecule has 14 heavy (non-hydrogen) atoms. The summed E-state index contributed by atoms with van der Waals surface area (Å²) in [6, 6.07) is 7.89. The lowest BCUT2D eigenvalue weighted by Gasteiger charge is -2.14. The van der Waals surface area contributed by atoms with E-state index in [0.29, 0.717) is 5.41 Å². The molecule has 0 spiro atoms. The molecule has 0 nitrogen and oxygen atoms in total. The van der Waals surface area contributed by atoms with Crippen LogP contribution >= 0.6 is 11.6 Å². The molecule has 0 aromatic heterocycles. The number of allylic oxidation sites excluding steroid dienone is 1. The van der Waals surface area contributed by atoms with Crippen molar-refractivity contribution < 1.29 is 0 Å². The first-order valence-corrected chi connectivity index (χ1v) is 5.27. The van der Waals surface area contributed by atoms with Gasteiger partial charge in [0.25, 0.3) is 0 Å². The minimum Gasteiger partial charge on any atom is -0.0843 e. The summed E-state index contributed by atoms with van der Waals surface area (Å²) in [5.41, 5.74) is 1.57.